The van der Waals surface area contributed by atoms with Crippen LogP contribution in [0.4, 0.5) is 17.5 Å². The van der Waals surface area contributed by atoms with E-state index in [0.717, 1.165) is 23.7 Å². The maximum Gasteiger partial charge on any atom is 0.229 e. The second-order valence-corrected chi connectivity index (χ2v) is 6.07. The monoisotopic (exact) mass is 338 g/mol. The summed E-state index contributed by atoms with van der Waals surface area (Å²) in [4.78, 5) is 8.95. The van der Waals surface area contributed by atoms with Crippen LogP contribution in [-0.2, 0) is 6.54 Å². The number of nitrogens with one attached hydrogen (secondary N) is 2. The number of nitrogens with zero attached hydrogens (tertiary/aromatic N) is 2. The highest BCUT2D eigenvalue weighted by Crippen LogP contribution is 2.19. The van der Waals surface area contributed by atoms with E-state index in [2.05, 4.69) is 39.7 Å². The number of anilines is 3. The summed E-state index contributed by atoms with van der Waals surface area (Å²) in [7, 11) is 0. The van der Waals surface area contributed by atoms with Gasteiger partial charge in [0.05, 0.1) is 0 Å². The van der Waals surface area contributed by atoms with E-state index in [1.54, 1.807) is 0 Å². The second kappa shape index (κ2) is 7.32. The van der Waals surface area contributed by atoms with Crippen molar-refractivity contribution in [2.75, 3.05) is 10.6 Å². The lowest BCUT2D eigenvalue weighted by molar-refractivity contribution is 1.05. The SMILES string of the molecule is Cc1cc(NCc2ccccc2C)nc(Nc2cccc(Cl)c2)n1. The van der Waals surface area contributed by atoms with Crippen molar-refractivity contribution in [3.63, 3.8) is 0 Å². The van der Waals surface area contributed by atoms with E-state index in [4.69, 9.17) is 11.6 Å². The predicted octanol–water partition coefficient (Wildman–Crippen LogP) is 5.10. The van der Waals surface area contributed by atoms with E-state index in [1.165, 1.54) is 11.1 Å². The quantitative estimate of drug-likeness (QED) is 0.679. The third-order valence-corrected chi connectivity index (χ3v) is 3.89. The number of hydrogen-bond acceptors (Lipinski definition) is 4. The first-order valence-electron chi connectivity index (χ1n) is 7.77. The van der Waals surface area contributed by atoms with Gasteiger partial charge in [0, 0.05) is 29.0 Å². The molecule has 0 spiro atoms. The van der Waals surface area contributed by atoms with Gasteiger partial charge in [-0.2, -0.15) is 4.98 Å². The Bertz CT molecular complexity index is 848. The summed E-state index contributed by atoms with van der Waals surface area (Å²) in [5.41, 5.74) is 4.26. The Morgan fingerprint density at radius 2 is 1.79 bits per heavy atom. The molecular weight excluding hydrogens is 320 g/mol. The van der Waals surface area contributed by atoms with Crippen molar-refractivity contribution in [2.45, 2.75) is 20.4 Å². The molecule has 0 aliphatic rings. The van der Waals surface area contributed by atoms with Crippen LogP contribution in [0, 0.1) is 13.8 Å². The predicted molar refractivity (Wildman–Crippen MR) is 100 cm³/mol. The normalized spacial score (nSPS) is 10.5. The minimum absolute atomic E-state index is 0.546. The number of halogens is 1. The molecule has 4 nitrogen and oxygen atoms in total. The van der Waals surface area contributed by atoms with Gasteiger partial charge in [-0.05, 0) is 43.2 Å². The molecule has 0 saturated carbocycles. The second-order valence-electron chi connectivity index (χ2n) is 5.63. The van der Waals surface area contributed by atoms with Crippen LogP contribution in [0.3, 0.4) is 0 Å². The lowest BCUT2D eigenvalue weighted by Crippen LogP contribution is -2.06. The van der Waals surface area contributed by atoms with Gasteiger partial charge in [-0.15, -0.1) is 0 Å². The van der Waals surface area contributed by atoms with Gasteiger partial charge in [0.15, 0.2) is 0 Å². The van der Waals surface area contributed by atoms with E-state index in [1.807, 2.05) is 49.4 Å². The van der Waals surface area contributed by atoms with E-state index < -0.39 is 0 Å². The molecule has 3 aromatic rings. The Morgan fingerprint density at radius 1 is 0.958 bits per heavy atom. The molecule has 3 rings (SSSR count). The lowest BCUT2D eigenvalue weighted by Gasteiger charge is -2.11. The topological polar surface area (TPSA) is 49.8 Å². The number of aromatic nitrogens is 2. The van der Waals surface area contributed by atoms with Crippen molar-refractivity contribution in [1.29, 1.82) is 0 Å². The minimum atomic E-state index is 0.546. The highest BCUT2D eigenvalue weighted by molar-refractivity contribution is 6.30. The summed E-state index contributed by atoms with van der Waals surface area (Å²) in [5.74, 6) is 1.33. The first-order valence-corrected chi connectivity index (χ1v) is 8.14. The molecule has 2 N–H and O–H groups in total. The minimum Gasteiger partial charge on any atom is -0.366 e. The molecule has 24 heavy (non-hydrogen) atoms. The van der Waals surface area contributed by atoms with Crippen molar-refractivity contribution >= 4 is 29.1 Å². The van der Waals surface area contributed by atoms with E-state index >= 15 is 0 Å². The van der Waals surface area contributed by atoms with Crippen LogP contribution in [-0.4, -0.2) is 9.97 Å². The molecular formula is C19H19ClN4. The van der Waals surface area contributed by atoms with Gasteiger partial charge in [-0.1, -0.05) is 41.9 Å². The lowest BCUT2D eigenvalue weighted by atomic mass is 10.1. The molecule has 0 radical (unpaired) electrons. The summed E-state index contributed by atoms with van der Waals surface area (Å²) in [6.07, 6.45) is 0. The molecule has 0 unspecified atom stereocenters. The fourth-order valence-corrected chi connectivity index (χ4v) is 2.59. The summed E-state index contributed by atoms with van der Waals surface area (Å²) < 4.78 is 0. The van der Waals surface area contributed by atoms with Gasteiger partial charge in [-0.25, -0.2) is 4.98 Å². The Kier molecular flexibility index (Phi) is 4.96. The van der Waals surface area contributed by atoms with E-state index in [-0.39, 0.29) is 0 Å². The summed E-state index contributed by atoms with van der Waals surface area (Å²) in [5, 5.41) is 7.22. The Morgan fingerprint density at radius 3 is 2.58 bits per heavy atom. The van der Waals surface area contributed by atoms with Crippen LogP contribution < -0.4 is 10.6 Å². The van der Waals surface area contributed by atoms with Crippen molar-refractivity contribution < 1.29 is 0 Å². The molecule has 0 bridgehead atoms. The third-order valence-electron chi connectivity index (χ3n) is 3.66. The number of rotatable bonds is 5. The Hall–Kier alpha value is -2.59. The molecule has 122 valence electrons. The molecule has 5 heteroatoms. The van der Waals surface area contributed by atoms with Crippen LogP contribution in [0.15, 0.2) is 54.6 Å². The highest BCUT2D eigenvalue weighted by atomic mass is 35.5. The fourth-order valence-electron chi connectivity index (χ4n) is 2.40. The highest BCUT2D eigenvalue weighted by Gasteiger charge is 2.04. The fraction of sp³-hybridized carbons (Fsp3) is 0.158. The van der Waals surface area contributed by atoms with Crippen molar-refractivity contribution in [1.82, 2.24) is 9.97 Å². The Labute approximate surface area is 146 Å². The zero-order valence-electron chi connectivity index (χ0n) is 13.7. The number of benzene rings is 2. The maximum atomic E-state index is 6.01. The molecule has 0 saturated heterocycles. The molecule has 1 heterocycles. The Balaban J connectivity index is 1.75. The maximum absolute atomic E-state index is 6.01. The summed E-state index contributed by atoms with van der Waals surface area (Å²) in [6, 6.07) is 17.7. The molecule has 1 aromatic heterocycles. The zero-order chi connectivity index (χ0) is 16.9. The van der Waals surface area contributed by atoms with Gasteiger partial charge in [-0.3, -0.25) is 0 Å². The molecule has 2 aromatic carbocycles. The largest absolute Gasteiger partial charge is 0.366 e. The first-order chi connectivity index (χ1) is 11.6. The van der Waals surface area contributed by atoms with Crippen molar-refractivity contribution in [2.24, 2.45) is 0 Å². The summed E-state index contributed by atoms with van der Waals surface area (Å²) in [6.45, 7) is 4.78. The van der Waals surface area contributed by atoms with Crippen LogP contribution in [0.1, 0.15) is 16.8 Å². The molecule has 0 aliphatic carbocycles. The van der Waals surface area contributed by atoms with Crippen LogP contribution in [0.5, 0.6) is 0 Å². The molecule has 0 amide bonds. The molecule has 0 fully saturated rings. The summed E-state index contributed by atoms with van der Waals surface area (Å²) >= 11 is 6.01. The van der Waals surface area contributed by atoms with Crippen LogP contribution in [0.25, 0.3) is 0 Å². The average molecular weight is 339 g/mol. The average Bonchev–Trinajstić information content (AvgIpc) is 2.53. The van der Waals surface area contributed by atoms with Gasteiger partial charge < -0.3 is 10.6 Å². The smallest absolute Gasteiger partial charge is 0.229 e. The molecule has 0 atom stereocenters. The first kappa shape index (κ1) is 16.3. The van der Waals surface area contributed by atoms with E-state index in [0.29, 0.717) is 11.0 Å². The van der Waals surface area contributed by atoms with Gasteiger partial charge >= 0.3 is 0 Å². The van der Waals surface area contributed by atoms with E-state index in [9.17, 15) is 0 Å². The van der Waals surface area contributed by atoms with Crippen LogP contribution >= 0.6 is 11.6 Å². The van der Waals surface area contributed by atoms with Crippen LogP contribution in [0.2, 0.25) is 5.02 Å². The molecule has 0 aliphatic heterocycles. The number of aryl methyl sites for hydroxylation is 2. The van der Waals surface area contributed by atoms with Gasteiger partial charge in [0.2, 0.25) is 5.95 Å². The standard InChI is InChI=1S/C19H19ClN4/c1-13-6-3-4-7-15(13)12-21-18-10-14(2)22-19(24-18)23-17-9-5-8-16(20)11-17/h3-11H,12H2,1-2H3,(H2,21,22,23,24). The number of hydrogen-bond donors (Lipinski definition) is 2. The zero-order valence-corrected chi connectivity index (χ0v) is 14.4. The van der Waals surface area contributed by atoms with Crippen molar-refractivity contribution in [3.05, 3.63) is 76.4 Å². The van der Waals surface area contributed by atoms with Gasteiger partial charge in [0.1, 0.15) is 5.82 Å². The van der Waals surface area contributed by atoms with Crippen molar-refractivity contribution in [3.8, 4) is 0 Å². The third kappa shape index (κ3) is 4.24. The van der Waals surface area contributed by atoms with Gasteiger partial charge in [0.25, 0.3) is 0 Å².